The van der Waals surface area contributed by atoms with Crippen molar-refractivity contribution in [2.24, 2.45) is 0 Å². The van der Waals surface area contributed by atoms with E-state index in [1.165, 1.54) is 17.0 Å². The van der Waals surface area contributed by atoms with E-state index >= 15 is 0 Å². The molecule has 20 heavy (non-hydrogen) atoms. The van der Waals surface area contributed by atoms with Crippen molar-refractivity contribution in [1.82, 2.24) is 10.2 Å². The first kappa shape index (κ1) is 13.3. The third-order valence-corrected chi connectivity index (χ3v) is 2.44. The minimum Gasteiger partial charge on any atom is -0.401 e. The normalized spacial score (nSPS) is 16.8. The second-order valence-electron chi connectivity index (χ2n) is 3.86. The topological polar surface area (TPSA) is 129 Å². The number of hydrogen-bond acceptors (Lipinski definition) is 6. The first-order chi connectivity index (χ1) is 9.51. The van der Waals surface area contributed by atoms with Crippen molar-refractivity contribution in [2.75, 3.05) is 6.54 Å². The summed E-state index contributed by atoms with van der Waals surface area (Å²) in [5.74, 6) is -1.04. The molecule has 1 unspecified atom stereocenters. The zero-order chi connectivity index (χ0) is 14.7. The Morgan fingerprint density at radius 1 is 1.60 bits per heavy atom. The standard InChI is InChI=1S/C11H8N4O5/c12-5-7-6-14(7)11(17)13-9(16)3-1-8-2-4-10(20-8)15(18)19/h1-4,7H,6H2,(H,13,16,17). The molecule has 0 saturated carbocycles. The van der Waals surface area contributed by atoms with Gasteiger partial charge in [0.2, 0.25) is 0 Å². The molecule has 3 amide bonds. The molecule has 9 heteroatoms. The van der Waals surface area contributed by atoms with E-state index in [4.69, 9.17) is 9.68 Å². The summed E-state index contributed by atoms with van der Waals surface area (Å²) in [5, 5.41) is 20.9. The number of nitrogens with one attached hydrogen (secondary N) is 1. The van der Waals surface area contributed by atoms with Crippen LogP contribution in [0.1, 0.15) is 5.76 Å². The number of carbonyl (C=O) groups is 2. The number of hydrogen-bond donors (Lipinski definition) is 1. The van der Waals surface area contributed by atoms with Crippen LogP contribution in [0, 0.1) is 21.4 Å². The third kappa shape index (κ3) is 2.99. The second kappa shape index (κ2) is 5.23. The highest BCUT2D eigenvalue weighted by molar-refractivity contribution is 6.02. The van der Waals surface area contributed by atoms with Crippen molar-refractivity contribution < 1.29 is 18.9 Å². The van der Waals surface area contributed by atoms with Crippen LogP contribution in [0.3, 0.4) is 0 Å². The largest absolute Gasteiger partial charge is 0.433 e. The van der Waals surface area contributed by atoms with Gasteiger partial charge < -0.3 is 9.32 Å². The van der Waals surface area contributed by atoms with Crippen LogP contribution in [0.15, 0.2) is 22.6 Å². The molecule has 0 bridgehead atoms. The van der Waals surface area contributed by atoms with Gasteiger partial charge in [0, 0.05) is 6.08 Å². The molecule has 1 aromatic heterocycles. The summed E-state index contributed by atoms with van der Waals surface area (Å²) in [6.07, 6.45) is 2.20. The van der Waals surface area contributed by atoms with Gasteiger partial charge in [-0.05, 0) is 12.1 Å². The molecular weight excluding hydrogens is 268 g/mol. The molecule has 0 radical (unpaired) electrons. The van der Waals surface area contributed by atoms with E-state index < -0.39 is 28.8 Å². The van der Waals surface area contributed by atoms with E-state index in [2.05, 4.69) is 0 Å². The van der Waals surface area contributed by atoms with Gasteiger partial charge in [0.05, 0.1) is 18.7 Å². The van der Waals surface area contributed by atoms with Crippen LogP contribution in [-0.2, 0) is 4.79 Å². The molecule has 1 aromatic rings. The molecule has 1 fully saturated rings. The van der Waals surface area contributed by atoms with Crippen LogP contribution in [0.25, 0.3) is 6.08 Å². The lowest BCUT2D eigenvalue weighted by molar-refractivity contribution is -0.402. The van der Waals surface area contributed by atoms with Gasteiger partial charge in [0.25, 0.3) is 5.91 Å². The molecule has 0 aromatic carbocycles. The number of imide groups is 1. The molecular formula is C11H8N4O5. The first-order valence-electron chi connectivity index (χ1n) is 5.45. The Balaban J connectivity index is 1.87. The molecule has 2 rings (SSSR count). The van der Waals surface area contributed by atoms with Crippen LogP contribution in [-0.4, -0.2) is 34.3 Å². The molecule has 1 saturated heterocycles. The summed E-state index contributed by atoms with van der Waals surface area (Å²) >= 11 is 0. The van der Waals surface area contributed by atoms with Crippen LogP contribution in [0.5, 0.6) is 0 Å². The summed E-state index contributed by atoms with van der Waals surface area (Å²) < 4.78 is 4.79. The summed E-state index contributed by atoms with van der Waals surface area (Å²) in [5.41, 5.74) is 0. The minimum absolute atomic E-state index is 0.112. The average molecular weight is 276 g/mol. The molecule has 1 atom stereocenters. The first-order valence-corrected chi connectivity index (χ1v) is 5.45. The lowest BCUT2D eigenvalue weighted by Crippen LogP contribution is -2.33. The zero-order valence-corrected chi connectivity index (χ0v) is 9.98. The van der Waals surface area contributed by atoms with Crippen molar-refractivity contribution >= 4 is 23.9 Å². The predicted molar refractivity (Wildman–Crippen MR) is 64.0 cm³/mol. The molecule has 0 spiro atoms. The van der Waals surface area contributed by atoms with Gasteiger partial charge in [0.15, 0.2) is 0 Å². The number of nitriles is 1. The van der Waals surface area contributed by atoms with E-state index in [9.17, 15) is 19.7 Å². The van der Waals surface area contributed by atoms with E-state index in [0.717, 1.165) is 12.1 Å². The molecule has 102 valence electrons. The quantitative estimate of drug-likeness (QED) is 0.373. The fourth-order valence-electron chi connectivity index (χ4n) is 1.38. The zero-order valence-electron chi connectivity index (χ0n) is 9.98. The highest BCUT2D eigenvalue weighted by atomic mass is 16.6. The van der Waals surface area contributed by atoms with Crippen molar-refractivity contribution in [1.29, 1.82) is 5.26 Å². The lowest BCUT2D eigenvalue weighted by atomic mass is 10.4. The number of furan rings is 1. The van der Waals surface area contributed by atoms with Gasteiger partial charge in [-0.3, -0.25) is 20.2 Å². The van der Waals surface area contributed by atoms with Crippen LogP contribution >= 0.6 is 0 Å². The number of nitrogens with zero attached hydrogens (tertiary/aromatic N) is 3. The average Bonchev–Trinajstić information content (AvgIpc) is 3.05. The Labute approximate surface area is 112 Å². The summed E-state index contributed by atoms with van der Waals surface area (Å²) in [6, 6.07) is 3.20. The van der Waals surface area contributed by atoms with E-state index in [-0.39, 0.29) is 5.76 Å². The fraction of sp³-hybridized carbons (Fsp3) is 0.182. The predicted octanol–water partition coefficient (Wildman–Crippen LogP) is 0.645. The van der Waals surface area contributed by atoms with Crippen LogP contribution < -0.4 is 5.32 Å². The molecule has 9 nitrogen and oxygen atoms in total. The molecule has 1 aliphatic rings. The Kier molecular flexibility index (Phi) is 3.47. The number of nitro groups is 1. The van der Waals surface area contributed by atoms with Gasteiger partial charge >= 0.3 is 11.9 Å². The Bertz CT molecular complexity index is 641. The Morgan fingerprint density at radius 3 is 2.90 bits per heavy atom. The molecule has 1 aliphatic heterocycles. The van der Waals surface area contributed by atoms with Gasteiger partial charge in [-0.25, -0.2) is 4.79 Å². The van der Waals surface area contributed by atoms with Gasteiger partial charge in [-0.15, -0.1) is 0 Å². The summed E-state index contributed by atoms with van der Waals surface area (Å²) in [7, 11) is 0. The monoisotopic (exact) mass is 276 g/mol. The van der Waals surface area contributed by atoms with Crippen molar-refractivity contribution in [2.45, 2.75) is 6.04 Å². The van der Waals surface area contributed by atoms with E-state index in [1.807, 2.05) is 11.4 Å². The maximum absolute atomic E-state index is 11.4. The van der Waals surface area contributed by atoms with E-state index in [1.54, 1.807) is 0 Å². The SMILES string of the molecule is N#CC1CN1C(=O)NC(=O)C=Cc1ccc([N+](=O)[O-])o1. The third-order valence-electron chi connectivity index (χ3n) is 2.44. The van der Waals surface area contributed by atoms with Crippen LogP contribution in [0.4, 0.5) is 10.7 Å². The summed E-state index contributed by atoms with van der Waals surface area (Å²) in [6.45, 7) is 0.295. The Morgan fingerprint density at radius 2 is 2.35 bits per heavy atom. The van der Waals surface area contributed by atoms with Crippen LogP contribution in [0.2, 0.25) is 0 Å². The summed E-state index contributed by atoms with van der Waals surface area (Å²) in [4.78, 5) is 33.6. The Hall–Kier alpha value is -3.15. The maximum atomic E-state index is 11.4. The number of carbonyl (C=O) groups excluding carboxylic acids is 2. The number of amides is 3. The molecule has 2 heterocycles. The van der Waals surface area contributed by atoms with Crippen molar-refractivity contribution in [3.63, 3.8) is 0 Å². The van der Waals surface area contributed by atoms with Crippen molar-refractivity contribution in [3.05, 3.63) is 34.1 Å². The van der Waals surface area contributed by atoms with Gasteiger partial charge in [-0.1, -0.05) is 0 Å². The smallest absolute Gasteiger partial charge is 0.401 e. The lowest BCUT2D eigenvalue weighted by Gasteiger charge is -2.00. The highest BCUT2D eigenvalue weighted by Crippen LogP contribution is 2.17. The van der Waals surface area contributed by atoms with Gasteiger partial charge in [0.1, 0.15) is 16.7 Å². The number of urea groups is 1. The number of rotatable bonds is 3. The van der Waals surface area contributed by atoms with E-state index in [0.29, 0.717) is 6.54 Å². The fourth-order valence-corrected chi connectivity index (χ4v) is 1.38. The van der Waals surface area contributed by atoms with Gasteiger partial charge in [-0.2, -0.15) is 5.26 Å². The maximum Gasteiger partial charge on any atom is 0.433 e. The minimum atomic E-state index is -0.711. The highest BCUT2D eigenvalue weighted by Gasteiger charge is 2.38. The molecule has 0 aliphatic carbocycles. The molecule has 1 N–H and O–H groups in total. The van der Waals surface area contributed by atoms with Crippen molar-refractivity contribution in [3.8, 4) is 6.07 Å². The second-order valence-corrected chi connectivity index (χ2v) is 3.86.